The summed E-state index contributed by atoms with van der Waals surface area (Å²) in [7, 11) is 1.67. The van der Waals surface area contributed by atoms with Gasteiger partial charge in [0.15, 0.2) is 0 Å². The highest BCUT2D eigenvalue weighted by molar-refractivity contribution is 7.07. The number of benzene rings is 1. The fourth-order valence-corrected chi connectivity index (χ4v) is 2.48. The summed E-state index contributed by atoms with van der Waals surface area (Å²) in [5.41, 5.74) is 8.71. The van der Waals surface area contributed by atoms with E-state index in [0.717, 1.165) is 18.6 Å². The minimum atomic E-state index is 0.0980. The van der Waals surface area contributed by atoms with E-state index in [0.29, 0.717) is 0 Å². The standard InChI is InChI=1S/C14H17NOS/c1-16-13-5-3-12(4-6-13)14(15)7-2-11-8-9-17-10-11/h3-6,8-10,14H,2,7,15H2,1H3. The van der Waals surface area contributed by atoms with Crippen molar-refractivity contribution >= 4 is 11.3 Å². The van der Waals surface area contributed by atoms with Gasteiger partial charge in [0.25, 0.3) is 0 Å². The Morgan fingerprint density at radius 1 is 1.24 bits per heavy atom. The van der Waals surface area contributed by atoms with E-state index in [4.69, 9.17) is 10.5 Å². The molecule has 0 aliphatic heterocycles. The summed E-state index contributed by atoms with van der Waals surface area (Å²) in [5.74, 6) is 0.874. The molecule has 0 saturated heterocycles. The first-order valence-corrected chi connectivity index (χ1v) is 6.64. The average molecular weight is 247 g/mol. The second-order valence-corrected chi connectivity index (χ2v) is 4.83. The van der Waals surface area contributed by atoms with E-state index in [1.165, 1.54) is 11.1 Å². The maximum Gasteiger partial charge on any atom is 0.118 e. The Hall–Kier alpha value is -1.32. The Kier molecular flexibility index (Phi) is 4.18. The summed E-state index contributed by atoms with van der Waals surface area (Å²) in [6.45, 7) is 0. The predicted octanol–water partition coefficient (Wildman–Crippen LogP) is 3.39. The smallest absolute Gasteiger partial charge is 0.118 e. The summed E-state index contributed by atoms with van der Waals surface area (Å²) < 4.78 is 5.13. The molecule has 1 atom stereocenters. The molecule has 0 aliphatic carbocycles. The Morgan fingerprint density at radius 2 is 2.00 bits per heavy atom. The van der Waals surface area contributed by atoms with Crippen molar-refractivity contribution in [1.82, 2.24) is 0 Å². The van der Waals surface area contributed by atoms with Crippen LogP contribution in [0.25, 0.3) is 0 Å². The molecule has 2 N–H and O–H groups in total. The van der Waals surface area contributed by atoms with Gasteiger partial charge in [-0.05, 0) is 52.9 Å². The van der Waals surface area contributed by atoms with Gasteiger partial charge >= 0.3 is 0 Å². The van der Waals surface area contributed by atoms with Crippen LogP contribution in [-0.2, 0) is 6.42 Å². The summed E-state index contributed by atoms with van der Waals surface area (Å²) in [6.07, 6.45) is 2.01. The van der Waals surface area contributed by atoms with Gasteiger partial charge in [-0.1, -0.05) is 12.1 Å². The van der Waals surface area contributed by atoms with E-state index in [-0.39, 0.29) is 6.04 Å². The van der Waals surface area contributed by atoms with Crippen LogP contribution in [0.3, 0.4) is 0 Å². The molecule has 2 aromatic rings. The van der Waals surface area contributed by atoms with E-state index < -0.39 is 0 Å². The van der Waals surface area contributed by atoms with Crippen molar-refractivity contribution in [3.63, 3.8) is 0 Å². The normalized spacial score (nSPS) is 12.4. The number of aryl methyl sites for hydroxylation is 1. The number of thiophene rings is 1. The van der Waals surface area contributed by atoms with E-state index in [1.54, 1.807) is 18.4 Å². The number of nitrogens with two attached hydrogens (primary N) is 1. The van der Waals surface area contributed by atoms with Gasteiger partial charge < -0.3 is 10.5 Å². The van der Waals surface area contributed by atoms with Crippen LogP contribution in [0, 0.1) is 0 Å². The molecule has 1 heterocycles. The molecule has 0 fully saturated rings. The highest BCUT2D eigenvalue weighted by atomic mass is 32.1. The lowest BCUT2D eigenvalue weighted by molar-refractivity contribution is 0.414. The topological polar surface area (TPSA) is 35.2 Å². The molecule has 0 aliphatic rings. The van der Waals surface area contributed by atoms with Gasteiger partial charge in [0.2, 0.25) is 0 Å². The molecular formula is C14H17NOS. The second kappa shape index (κ2) is 5.84. The van der Waals surface area contributed by atoms with Crippen molar-refractivity contribution in [2.75, 3.05) is 7.11 Å². The fourth-order valence-electron chi connectivity index (χ4n) is 1.77. The molecule has 0 saturated carbocycles. The molecule has 0 amide bonds. The van der Waals surface area contributed by atoms with E-state index in [1.807, 2.05) is 24.3 Å². The largest absolute Gasteiger partial charge is 0.497 e. The van der Waals surface area contributed by atoms with Crippen LogP contribution in [0.15, 0.2) is 41.1 Å². The van der Waals surface area contributed by atoms with Crippen LogP contribution < -0.4 is 10.5 Å². The van der Waals surface area contributed by atoms with Gasteiger partial charge in [-0.15, -0.1) is 0 Å². The van der Waals surface area contributed by atoms with Crippen LogP contribution in [0.4, 0.5) is 0 Å². The van der Waals surface area contributed by atoms with Crippen molar-refractivity contribution in [2.24, 2.45) is 5.73 Å². The second-order valence-electron chi connectivity index (χ2n) is 4.05. The van der Waals surface area contributed by atoms with Crippen molar-refractivity contribution in [2.45, 2.75) is 18.9 Å². The van der Waals surface area contributed by atoms with Crippen molar-refractivity contribution < 1.29 is 4.74 Å². The van der Waals surface area contributed by atoms with Gasteiger partial charge in [0.05, 0.1) is 7.11 Å². The lowest BCUT2D eigenvalue weighted by Gasteiger charge is -2.12. The maximum absolute atomic E-state index is 6.17. The first-order valence-electron chi connectivity index (χ1n) is 5.70. The highest BCUT2D eigenvalue weighted by Crippen LogP contribution is 2.20. The van der Waals surface area contributed by atoms with Crippen molar-refractivity contribution in [1.29, 1.82) is 0 Å². The third-order valence-electron chi connectivity index (χ3n) is 2.87. The molecule has 90 valence electrons. The summed E-state index contributed by atoms with van der Waals surface area (Å²) >= 11 is 1.73. The molecule has 17 heavy (non-hydrogen) atoms. The third kappa shape index (κ3) is 3.32. The molecule has 0 radical (unpaired) electrons. The molecule has 3 heteroatoms. The van der Waals surface area contributed by atoms with E-state index in [2.05, 4.69) is 16.8 Å². The monoisotopic (exact) mass is 247 g/mol. The molecule has 1 aromatic heterocycles. The van der Waals surface area contributed by atoms with Crippen LogP contribution in [0.2, 0.25) is 0 Å². The summed E-state index contributed by atoms with van der Waals surface area (Å²) in [4.78, 5) is 0. The summed E-state index contributed by atoms with van der Waals surface area (Å²) in [5, 5.41) is 4.29. The predicted molar refractivity (Wildman–Crippen MR) is 72.6 cm³/mol. The van der Waals surface area contributed by atoms with Gasteiger partial charge in [-0.2, -0.15) is 11.3 Å². The number of methoxy groups -OCH3 is 1. The Bertz CT molecular complexity index is 436. The number of rotatable bonds is 5. The SMILES string of the molecule is COc1ccc(C(N)CCc2ccsc2)cc1. The van der Waals surface area contributed by atoms with Crippen LogP contribution in [0.5, 0.6) is 5.75 Å². The molecule has 2 rings (SSSR count). The van der Waals surface area contributed by atoms with Crippen molar-refractivity contribution in [3.05, 3.63) is 52.2 Å². The van der Waals surface area contributed by atoms with E-state index in [9.17, 15) is 0 Å². The minimum absolute atomic E-state index is 0.0980. The zero-order valence-corrected chi connectivity index (χ0v) is 10.7. The van der Waals surface area contributed by atoms with Crippen LogP contribution in [-0.4, -0.2) is 7.11 Å². The quantitative estimate of drug-likeness (QED) is 0.879. The number of hydrogen-bond acceptors (Lipinski definition) is 3. The summed E-state index contributed by atoms with van der Waals surface area (Å²) in [6, 6.07) is 10.2. The van der Waals surface area contributed by atoms with Gasteiger partial charge in [-0.3, -0.25) is 0 Å². The first-order chi connectivity index (χ1) is 8.29. The Balaban J connectivity index is 1.92. The molecule has 0 bridgehead atoms. The molecule has 1 unspecified atom stereocenters. The van der Waals surface area contributed by atoms with Gasteiger partial charge in [0.1, 0.15) is 5.75 Å². The minimum Gasteiger partial charge on any atom is -0.497 e. The zero-order chi connectivity index (χ0) is 12.1. The molecular weight excluding hydrogens is 230 g/mol. The molecule has 1 aromatic carbocycles. The molecule has 2 nitrogen and oxygen atoms in total. The lowest BCUT2D eigenvalue weighted by atomic mass is 10.0. The van der Waals surface area contributed by atoms with Crippen molar-refractivity contribution in [3.8, 4) is 5.75 Å². The maximum atomic E-state index is 6.17. The first kappa shape index (κ1) is 12.1. The van der Waals surface area contributed by atoms with Crippen LogP contribution >= 0.6 is 11.3 Å². The Labute approximate surface area is 106 Å². The van der Waals surface area contributed by atoms with Gasteiger partial charge in [-0.25, -0.2) is 0 Å². The lowest BCUT2D eigenvalue weighted by Crippen LogP contribution is -2.11. The zero-order valence-electron chi connectivity index (χ0n) is 9.93. The molecule has 0 spiro atoms. The average Bonchev–Trinajstić information content (AvgIpc) is 2.89. The van der Waals surface area contributed by atoms with Crippen LogP contribution in [0.1, 0.15) is 23.6 Å². The number of ether oxygens (including phenoxy) is 1. The Morgan fingerprint density at radius 3 is 2.59 bits per heavy atom. The fraction of sp³-hybridized carbons (Fsp3) is 0.286. The number of hydrogen-bond donors (Lipinski definition) is 1. The third-order valence-corrected chi connectivity index (χ3v) is 3.60. The highest BCUT2D eigenvalue weighted by Gasteiger charge is 2.06. The van der Waals surface area contributed by atoms with E-state index >= 15 is 0 Å². The van der Waals surface area contributed by atoms with Gasteiger partial charge in [0, 0.05) is 6.04 Å².